The molecular formula is C15H10F3NO. The van der Waals surface area contributed by atoms with Gasteiger partial charge in [0.1, 0.15) is 11.3 Å². The maximum absolute atomic E-state index is 12.7. The summed E-state index contributed by atoms with van der Waals surface area (Å²) in [5, 5.41) is 0.761. The van der Waals surface area contributed by atoms with Gasteiger partial charge in [-0.1, -0.05) is 12.1 Å². The minimum atomic E-state index is -4.37. The third kappa shape index (κ3) is 2.22. The molecule has 1 heterocycles. The maximum Gasteiger partial charge on any atom is 0.416 e. The number of hydrogen-bond donors (Lipinski definition) is 1. The van der Waals surface area contributed by atoms with Gasteiger partial charge in [0.15, 0.2) is 0 Å². The molecule has 5 heteroatoms. The van der Waals surface area contributed by atoms with Crippen LogP contribution >= 0.6 is 0 Å². The molecule has 3 aromatic rings. The Labute approximate surface area is 112 Å². The van der Waals surface area contributed by atoms with Gasteiger partial charge in [-0.25, -0.2) is 0 Å². The van der Waals surface area contributed by atoms with Crippen LogP contribution in [0, 0.1) is 0 Å². The number of benzene rings is 2. The smallest absolute Gasteiger partial charge is 0.416 e. The van der Waals surface area contributed by atoms with E-state index in [4.69, 9.17) is 10.2 Å². The van der Waals surface area contributed by atoms with Gasteiger partial charge in [-0.05, 0) is 36.4 Å². The summed E-state index contributed by atoms with van der Waals surface area (Å²) < 4.78 is 43.6. The molecule has 0 radical (unpaired) electrons. The lowest BCUT2D eigenvalue weighted by atomic mass is 10.1. The van der Waals surface area contributed by atoms with Gasteiger partial charge in [-0.2, -0.15) is 13.2 Å². The Morgan fingerprint density at radius 3 is 2.50 bits per heavy atom. The van der Waals surface area contributed by atoms with Gasteiger partial charge in [-0.15, -0.1) is 0 Å². The zero-order chi connectivity index (χ0) is 14.3. The predicted molar refractivity (Wildman–Crippen MR) is 71.1 cm³/mol. The first-order valence-corrected chi connectivity index (χ1v) is 5.90. The van der Waals surface area contributed by atoms with Crippen LogP contribution in [-0.2, 0) is 6.18 Å². The molecule has 0 amide bonds. The molecule has 0 fully saturated rings. The van der Waals surface area contributed by atoms with E-state index in [1.807, 2.05) is 0 Å². The van der Waals surface area contributed by atoms with E-state index < -0.39 is 11.7 Å². The normalized spacial score (nSPS) is 11.9. The second-order valence-corrected chi connectivity index (χ2v) is 4.49. The third-order valence-corrected chi connectivity index (χ3v) is 3.01. The summed E-state index contributed by atoms with van der Waals surface area (Å²) in [6.07, 6.45) is -4.37. The summed E-state index contributed by atoms with van der Waals surface area (Å²) in [5.41, 5.74) is 6.51. The number of hydrogen-bond acceptors (Lipinski definition) is 2. The molecule has 20 heavy (non-hydrogen) atoms. The van der Waals surface area contributed by atoms with Crippen molar-refractivity contribution in [2.75, 3.05) is 5.73 Å². The molecule has 0 atom stereocenters. The Hall–Kier alpha value is -2.43. The molecule has 102 valence electrons. The number of nitrogen functional groups attached to an aromatic ring is 1. The van der Waals surface area contributed by atoms with Crippen molar-refractivity contribution >= 4 is 16.7 Å². The average molecular weight is 277 g/mol. The average Bonchev–Trinajstić information content (AvgIpc) is 2.81. The van der Waals surface area contributed by atoms with E-state index in [9.17, 15) is 13.2 Å². The summed E-state index contributed by atoms with van der Waals surface area (Å²) in [4.78, 5) is 0. The Bertz CT molecular complexity index is 774. The molecule has 0 aliphatic carbocycles. The van der Waals surface area contributed by atoms with Crippen LogP contribution in [0.15, 0.2) is 52.9 Å². The van der Waals surface area contributed by atoms with Crippen molar-refractivity contribution < 1.29 is 17.6 Å². The van der Waals surface area contributed by atoms with Gasteiger partial charge in [0.05, 0.1) is 5.56 Å². The molecule has 3 rings (SSSR count). The molecule has 0 aliphatic heterocycles. The number of nitrogens with two attached hydrogens (primary N) is 1. The number of rotatable bonds is 1. The highest BCUT2D eigenvalue weighted by Gasteiger charge is 2.30. The lowest BCUT2D eigenvalue weighted by molar-refractivity contribution is -0.137. The third-order valence-electron chi connectivity index (χ3n) is 3.01. The first-order valence-electron chi connectivity index (χ1n) is 5.90. The van der Waals surface area contributed by atoms with E-state index in [2.05, 4.69) is 0 Å². The summed E-state index contributed by atoms with van der Waals surface area (Å²) in [6.45, 7) is 0. The van der Waals surface area contributed by atoms with Gasteiger partial charge in [0, 0.05) is 16.6 Å². The number of furan rings is 1. The van der Waals surface area contributed by atoms with Crippen LogP contribution in [0.5, 0.6) is 0 Å². The topological polar surface area (TPSA) is 39.2 Å². The van der Waals surface area contributed by atoms with Gasteiger partial charge < -0.3 is 10.2 Å². The maximum atomic E-state index is 12.7. The number of alkyl halides is 3. The molecule has 2 N–H and O–H groups in total. The quantitative estimate of drug-likeness (QED) is 0.655. The van der Waals surface area contributed by atoms with E-state index in [0.717, 1.165) is 17.5 Å². The van der Waals surface area contributed by atoms with Crippen molar-refractivity contribution in [3.05, 3.63) is 54.1 Å². The van der Waals surface area contributed by atoms with Gasteiger partial charge in [0.2, 0.25) is 0 Å². The second kappa shape index (κ2) is 4.30. The van der Waals surface area contributed by atoms with Crippen LogP contribution in [0.3, 0.4) is 0 Å². The summed E-state index contributed by atoms with van der Waals surface area (Å²) in [7, 11) is 0. The molecule has 1 aromatic heterocycles. The molecule has 0 aliphatic rings. The Kier molecular flexibility index (Phi) is 2.71. The van der Waals surface area contributed by atoms with E-state index in [1.54, 1.807) is 30.3 Å². The predicted octanol–water partition coefficient (Wildman–Crippen LogP) is 4.70. The summed E-state index contributed by atoms with van der Waals surface area (Å²) >= 11 is 0. The Balaban J connectivity index is 2.11. The lowest BCUT2D eigenvalue weighted by Gasteiger charge is -2.07. The summed E-state index contributed by atoms with van der Waals surface area (Å²) in [5.74, 6) is 0.386. The first kappa shape index (κ1) is 12.6. The Morgan fingerprint density at radius 1 is 0.950 bits per heavy atom. The highest BCUT2D eigenvalue weighted by atomic mass is 19.4. The fourth-order valence-corrected chi connectivity index (χ4v) is 2.05. The van der Waals surface area contributed by atoms with Crippen LogP contribution in [0.25, 0.3) is 22.3 Å². The molecule has 2 aromatic carbocycles. The van der Waals surface area contributed by atoms with E-state index in [0.29, 0.717) is 22.6 Å². The fraction of sp³-hybridized carbons (Fsp3) is 0.0667. The van der Waals surface area contributed by atoms with Crippen molar-refractivity contribution in [3.63, 3.8) is 0 Å². The molecule has 0 unspecified atom stereocenters. The summed E-state index contributed by atoms with van der Waals surface area (Å²) in [6, 6.07) is 11.8. The van der Waals surface area contributed by atoms with Crippen molar-refractivity contribution in [1.29, 1.82) is 0 Å². The Morgan fingerprint density at radius 2 is 1.75 bits per heavy atom. The zero-order valence-corrected chi connectivity index (χ0v) is 10.2. The SMILES string of the molecule is Nc1ccc2oc(-c3cccc(C(F)(F)F)c3)cc2c1. The van der Waals surface area contributed by atoms with Gasteiger partial charge in [0.25, 0.3) is 0 Å². The van der Waals surface area contributed by atoms with E-state index in [1.165, 1.54) is 6.07 Å². The van der Waals surface area contributed by atoms with Gasteiger partial charge in [-0.3, -0.25) is 0 Å². The minimum absolute atomic E-state index is 0.384. The van der Waals surface area contributed by atoms with Crippen molar-refractivity contribution in [2.24, 2.45) is 0 Å². The van der Waals surface area contributed by atoms with Crippen LogP contribution in [0.1, 0.15) is 5.56 Å². The molecule has 2 nitrogen and oxygen atoms in total. The standard InChI is InChI=1S/C15H10F3NO/c16-15(17,18)11-3-1-2-9(6-11)14-8-10-7-12(19)4-5-13(10)20-14/h1-8H,19H2. The minimum Gasteiger partial charge on any atom is -0.456 e. The van der Waals surface area contributed by atoms with Crippen LogP contribution in [0.2, 0.25) is 0 Å². The molecule has 0 spiro atoms. The van der Waals surface area contributed by atoms with Crippen molar-refractivity contribution in [1.82, 2.24) is 0 Å². The number of halogens is 3. The highest BCUT2D eigenvalue weighted by molar-refractivity contribution is 5.85. The molecular weight excluding hydrogens is 267 g/mol. The van der Waals surface area contributed by atoms with Crippen molar-refractivity contribution in [2.45, 2.75) is 6.18 Å². The molecule has 0 bridgehead atoms. The van der Waals surface area contributed by atoms with Crippen LogP contribution in [-0.4, -0.2) is 0 Å². The van der Waals surface area contributed by atoms with Crippen molar-refractivity contribution in [3.8, 4) is 11.3 Å². The highest BCUT2D eigenvalue weighted by Crippen LogP contribution is 2.34. The lowest BCUT2D eigenvalue weighted by Crippen LogP contribution is -2.04. The van der Waals surface area contributed by atoms with E-state index >= 15 is 0 Å². The van der Waals surface area contributed by atoms with Gasteiger partial charge >= 0.3 is 6.18 Å². The zero-order valence-electron chi connectivity index (χ0n) is 10.2. The largest absolute Gasteiger partial charge is 0.456 e. The first-order chi connectivity index (χ1) is 9.43. The monoisotopic (exact) mass is 277 g/mol. The van der Waals surface area contributed by atoms with Crippen LogP contribution < -0.4 is 5.73 Å². The van der Waals surface area contributed by atoms with E-state index in [-0.39, 0.29) is 0 Å². The number of anilines is 1. The van der Waals surface area contributed by atoms with Crippen LogP contribution in [0.4, 0.5) is 18.9 Å². The number of fused-ring (bicyclic) bond motifs is 1. The fourth-order valence-electron chi connectivity index (χ4n) is 2.05. The molecule has 0 saturated heterocycles. The second-order valence-electron chi connectivity index (χ2n) is 4.49. The molecule has 0 saturated carbocycles.